The first-order valence-corrected chi connectivity index (χ1v) is 12.4. The van der Waals surface area contributed by atoms with Crippen LogP contribution in [-0.2, 0) is 6.54 Å². The van der Waals surface area contributed by atoms with Gasteiger partial charge < -0.3 is 25.6 Å². The number of hydrogen-bond acceptors (Lipinski definition) is 4. The third kappa shape index (κ3) is 6.36. The van der Waals surface area contributed by atoms with Crippen molar-refractivity contribution in [2.45, 2.75) is 39.2 Å². The number of benzene rings is 3. The third-order valence-corrected chi connectivity index (χ3v) is 6.40. The van der Waals surface area contributed by atoms with E-state index in [0.29, 0.717) is 35.2 Å². The Balaban J connectivity index is 1.46. The second kappa shape index (κ2) is 11.6. The van der Waals surface area contributed by atoms with Crippen molar-refractivity contribution in [1.82, 2.24) is 5.32 Å². The van der Waals surface area contributed by atoms with Gasteiger partial charge in [-0.05, 0) is 72.4 Å². The predicted molar refractivity (Wildman–Crippen MR) is 145 cm³/mol. The lowest BCUT2D eigenvalue weighted by Gasteiger charge is -2.22. The Kier molecular flexibility index (Phi) is 8.10. The van der Waals surface area contributed by atoms with E-state index in [2.05, 4.69) is 46.8 Å². The maximum atomic E-state index is 13.0. The molecular weight excluding hydrogens is 452 g/mol. The largest absolute Gasteiger partial charge is 0.497 e. The maximum Gasteiger partial charge on any atom is 0.323 e. The van der Waals surface area contributed by atoms with Gasteiger partial charge in [-0.2, -0.15) is 0 Å². The van der Waals surface area contributed by atoms with Crippen LogP contribution in [0.1, 0.15) is 54.1 Å². The fourth-order valence-corrected chi connectivity index (χ4v) is 4.27. The van der Waals surface area contributed by atoms with Gasteiger partial charge >= 0.3 is 6.03 Å². The minimum Gasteiger partial charge on any atom is -0.497 e. The molecule has 1 aliphatic heterocycles. The van der Waals surface area contributed by atoms with Crippen molar-refractivity contribution in [3.63, 3.8) is 0 Å². The SMILES string of the molecule is COc1ccc(NC(=O)Nc2cc(C(=O)NCc3ccc(C(C)C)cc3)ccc2N2CCCC2)cc1. The van der Waals surface area contributed by atoms with Gasteiger partial charge in [0.05, 0.1) is 18.5 Å². The highest BCUT2D eigenvalue weighted by Crippen LogP contribution is 2.30. The van der Waals surface area contributed by atoms with Crippen molar-refractivity contribution in [3.05, 3.63) is 83.4 Å². The summed E-state index contributed by atoms with van der Waals surface area (Å²) in [6.07, 6.45) is 2.21. The Bertz CT molecular complexity index is 1180. The van der Waals surface area contributed by atoms with Gasteiger partial charge in [-0.3, -0.25) is 4.79 Å². The molecule has 3 aromatic carbocycles. The number of anilines is 3. The minimum atomic E-state index is -0.372. The minimum absolute atomic E-state index is 0.186. The van der Waals surface area contributed by atoms with Crippen LogP contribution in [0.15, 0.2) is 66.7 Å². The van der Waals surface area contributed by atoms with Crippen molar-refractivity contribution in [3.8, 4) is 5.75 Å². The Morgan fingerprint density at radius 1 is 0.917 bits per heavy atom. The number of ether oxygens (including phenoxy) is 1. The van der Waals surface area contributed by atoms with Crippen LogP contribution in [0.5, 0.6) is 5.75 Å². The molecule has 7 heteroatoms. The molecule has 188 valence electrons. The van der Waals surface area contributed by atoms with Crippen LogP contribution in [0.3, 0.4) is 0 Å². The number of urea groups is 1. The lowest BCUT2D eigenvalue weighted by molar-refractivity contribution is 0.0951. The number of carbonyl (C=O) groups excluding carboxylic acids is 2. The number of nitrogens with one attached hydrogen (secondary N) is 3. The summed E-state index contributed by atoms with van der Waals surface area (Å²) in [6, 6.07) is 20.5. The van der Waals surface area contributed by atoms with Crippen LogP contribution in [0.2, 0.25) is 0 Å². The second-order valence-electron chi connectivity index (χ2n) is 9.31. The van der Waals surface area contributed by atoms with E-state index in [1.165, 1.54) is 5.56 Å². The van der Waals surface area contributed by atoms with E-state index in [0.717, 1.165) is 37.2 Å². The first-order valence-electron chi connectivity index (χ1n) is 12.4. The van der Waals surface area contributed by atoms with Gasteiger partial charge in [0.1, 0.15) is 5.75 Å². The Labute approximate surface area is 212 Å². The van der Waals surface area contributed by atoms with Crippen LogP contribution in [0.4, 0.5) is 21.9 Å². The smallest absolute Gasteiger partial charge is 0.323 e. The first kappa shape index (κ1) is 25.1. The quantitative estimate of drug-likeness (QED) is 0.365. The van der Waals surface area contributed by atoms with Crippen molar-refractivity contribution in [2.75, 3.05) is 35.7 Å². The Hall–Kier alpha value is -4.00. The lowest BCUT2D eigenvalue weighted by atomic mass is 10.0. The van der Waals surface area contributed by atoms with E-state index in [1.807, 2.05) is 24.3 Å². The topological polar surface area (TPSA) is 82.7 Å². The fraction of sp³-hybridized carbons (Fsp3) is 0.310. The average molecular weight is 487 g/mol. The van der Waals surface area contributed by atoms with Gasteiger partial charge in [0.2, 0.25) is 0 Å². The second-order valence-corrected chi connectivity index (χ2v) is 9.31. The highest BCUT2D eigenvalue weighted by atomic mass is 16.5. The molecule has 0 aliphatic carbocycles. The van der Waals surface area contributed by atoms with Gasteiger partial charge in [-0.1, -0.05) is 38.1 Å². The van der Waals surface area contributed by atoms with Gasteiger partial charge in [0, 0.05) is 30.9 Å². The maximum absolute atomic E-state index is 13.0. The number of methoxy groups -OCH3 is 1. The molecule has 0 aromatic heterocycles. The van der Waals surface area contributed by atoms with Crippen LogP contribution < -0.4 is 25.6 Å². The molecule has 36 heavy (non-hydrogen) atoms. The molecule has 0 radical (unpaired) electrons. The van der Waals surface area contributed by atoms with Crippen LogP contribution >= 0.6 is 0 Å². The lowest BCUT2D eigenvalue weighted by Crippen LogP contribution is -2.26. The van der Waals surface area contributed by atoms with E-state index >= 15 is 0 Å². The highest BCUT2D eigenvalue weighted by molar-refractivity contribution is 6.04. The van der Waals surface area contributed by atoms with Gasteiger partial charge in [0.25, 0.3) is 5.91 Å². The van der Waals surface area contributed by atoms with E-state index in [1.54, 1.807) is 37.4 Å². The molecule has 3 amide bonds. The summed E-state index contributed by atoms with van der Waals surface area (Å²) in [5, 5.41) is 8.78. The molecule has 0 saturated carbocycles. The molecule has 1 aliphatic rings. The first-order chi connectivity index (χ1) is 17.4. The molecule has 1 fully saturated rings. The van der Waals surface area contributed by atoms with Gasteiger partial charge in [-0.15, -0.1) is 0 Å². The van der Waals surface area contributed by atoms with Crippen molar-refractivity contribution >= 4 is 29.0 Å². The van der Waals surface area contributed by atoms with Crippen LogP contribution in [-0.4, -0.2) is 32.1 Å². The van der Waals surface area contributed by atoms with Crippen molar-refractivity contribution in [1.29, 1.82) is 0 Å². The molecule has 4 rings (SSSR count). The monoisotopic (exact) mass is 486 g/mol. The molecule has 0 spiro atoms. The number of rotatable bonds is 8. The van der Waals surface area contributed by atoms with E-state index in [4.69, 9.17) is 4.74 Å². The fourth-order valence-electron chi connectivity index (χ4n) is 4.27. The van der Waals surface area contributed by atoms with Crippen LogP contribution in [0.25, 0.3) is 0 Å². The summed E-state index contributed by atoms with van der Waals surface area (Å²) in [6.45, 7) is 6.60. The van der Waals surface area contributed by atoms with E-state index in [-0.39, 0.29) is 11.9 Å². The molecular formula is C29H34N4O3. The predicted octanol–water partition coefficient (Wildman–Crippen LogP) is 5.99. The summed E-state index contributed by atoms with van der Waals surface area (Å²) >= 11 is 0. The number of amides is 3. The van der Waals surface area contributed by atoms with E-state index in [9.17, 15) is 9.59 Å². The molecule has 0 atom stereocenters. The molecule has 1 saturated heterocycles. The normalized spacial score (nSPS) is 12.9. The summed E-state index contributed by atoms with van der Waals surface area (Å²) in [5.41, 5.74) is 4.98. The van der Waals surface area contributed by atoms with Gasteiger partial charge in [0.15, 0.2) is 0 Å². The summed E-state index contributed by atoms with van der Waals surface area (Å²) < 4.78 is 5.17. The number of nitrogens with zero attached hydrogens (tertiary/aromatic N) is 1. The summed E-state index contributed by atoms with van der Waals surface area (Å²) in [4.78, 5) is 28.0. The molecule has 0 bridgehead atoms. The highest BCUT2D eigenvalue weighted by Gasteiger charge is 2.19. The summed E-state index contributed by atoms with van der Waals surface area (Å²) in [7, 11) is 1.60. The average Bonchev–Trinajstić information content (AvgIpc) is 3.42. The number of carbonyl (C=O) groups is 2. The molecule has 1 heterocycles. The Morgan fingerprint density at radius 2 is 1.61 bits per heavy atom. The number of hydrogen-bond donors (Lipinski definition) is 3. The molecule has 0 unspecified atom stereocenters. The zero-order valence-electron chi connectivity index (χ0n) is 21.1. The standard InChI is InChI=1S/C29H34N4O3/c1-20(2)22-8-6-21(7-9-22)19-30-28(34)23-10-15-27(33-16-4-5-17-33)26(18-23)32-29(35)31-24-11-13-25(36-3)14-12-24/h6-15,18,20H,4-5,16-17,19H2,1-3H3,(H,30,34)(H2,31,32,35). The summed E-state index contributed by atoms with van der Waals surface area (Å²) in [5.74, 6) is 0.997. The molecule has 7 nitrogen and oxygen atoms in total. The van der Waals surface area contributed by atoms with Crippen molar-refractivity contribution in [2.24, 2.45) is 0 Å². The third-order valence-electron chi connectivity index (χ3n) is 6.40. The zero-order valence-corrected chi connectivity index (χ0v) is 21.1. The van der Waals surface area contributed by atoms with Crippen LogP contribution in [0, 0.1) is 0 Å². The molecule has 3 aromatic rings. The van der Waals surface area contributed by atoms with Gasteiger partial charge in [-0.25, -0.2) is 4.79 Å². The zero-order chi connectivity index (χ0) is 25.5. The molecule has 3 N–H and O–H groups in total. The van der Waals surface area contributed by atoms with Crippen molar-refractivity contribution < 1.29 is 14.3 Å². The Morgan fingerprint density at radius 3 is 2.25 bits per heavy atom. The van der Waals surface area contributed by atoms with E-state index < -0.39 is 0 Å².